The van der Waals surface area contributed by atoms with Crippen molar-refractivity contribution < 1.29 is 19.5 Å². The van der Waals surface area contributed by atoms with Gasteiger partial charge < -0.3 is 21.1 Å². The molecule has 0 radical (unpaired) electrons. The number of aromatic nitrogens is 1. The van der Waals surface area contributed by atoms with E-state index in [1.807, 2.05) is 24.3 Å². The van der Waals surface area contributed by atoms with Crippen LogP contribution in [-0.2, 0) is 20.8 Å². The van der Waals surface area contributed by atoms with E-state index in [1.54, 1.807) is 6.20 Å². The SMILES string of the molecule is NC(=O)[C@@H](Cc1c[nH]c2ccccc12)NC(=O)CCC(=O)O. The van der Waals surface area contributed by atoms with E-state index in [0.29, 0.717) is 0 Å². The highest BCUT2D eigenvalue weighted by atomic mass is 16.4. The van der Waals surface area contributed by atoms with Gasteiger partial charge in [0.25, 0.3) is 0 Å². The average molecular weight is 303 g/mol. The second-order valence-corrected chi connectivity index (χ2v) is 4.98. The molecule has 0 aliphatic carbocycles. The molecule has 0 spiro atoms. The van der Waals surface area contributed by atoms with Crippen LogP contribution < -0.4 is 11.1 Å². The number of H-pyrrole nitrogens is 1. The van der Waals surface area contributed by atoms with E-state index in [-0.39, 0.29) is 19.3 Å². The molecule has 1 aromatic carbocycles. The number of nitrogens with one attached hydrogen (secondary N) is 2. The largest absolute Gasteiger partial charge is 0.481 e. The van der Waals surface area contributed by atoms with Crippen LogP contribution >= 0.6 is 0 Å². The Bertz CT molecular complexity index is 708. The molecular formula is C15H17N3O4. The number of rotatable bonds is 7. The minimum atomic E-state index is -1.07. The monoisotopic (exact) mass is 303 g/mol. The Balaban J connectivity index is 2.07. The average Bonchev–Trinajstić information content (AvgIpc) is 2.87. The Kier molecular flexibility index (Phi) is 4.77. The first kappa shape index (κ1) is 15.6. The second kappa shape index (κ2) is 6.75. The van der Waals surface area contributed by atoms with Crippen LogP contribution in [0, 0.1) is 0 Å². The van der Waals surface area contributed by atoms with Crippen LogP contribution in [0.2, 0.25) is 0 Å². The summed E-state index contributed by atoms with van der Waals surface area (Å²) in [4.78, 5) is 36.7. The highest BCUT2D eigenvalue weighted by Crippen LogP contribution is 2.19. The van der Waals surface area contributed by atoms with Gasteiger partial charge in [0.05, 0.1) is 6.42 Å². The molecular weight excluding hydrogens is 286 g/mol. The number of fused-ring (bicyclic) bond motifs is 1. The topological polar surface area (TPSA) is 125 Å². The zero-order valence-corrected chi connectivity index (χ0v) is 11.8. The standard InChI is InChI=1S/C15H17N3O4/c16-15(22)12(18-13(19)5-6-14(20)21)7-9-8-17-11-4-2-1-3-10(9)11/h1-4,8,12,17H,5-7H2,(H2,16,22)(H,18,19)(H,20,21)/t12-/m1/s1. The van der Waals surface area contributed by atoms with Crippen LogP contribution in [-0.4, -0.2) is 33.9 Å². The molecule has 22 heavy (non-hydrogen) atoms. The van der Waals surface area contributed by atoms with Gasteiger partial charge in [0, 0.05) is 29.9 Å². The highest BCUT2D eigenvalue weighted by Gasteiger charge is 2.20. The fourth-order valence-corrected chi connectivity index (χ4v) is 2.23. The number of amides is 2. The summed E-state index contributed by atoms with van der Waals surface area (Å²) in [6.45, 7) is 0. The Morgan fingerprint density at radius 3 is 2.64 bits per heavy atom. The van der Waals surface area contributed by atoms with Gasteiger partial charge in [0.2, 0.25) is 11.8 Å². The maximum atomic E-state index is 11.7. The summed E-state index contributed by atoms with van der Waals surface area (Å²) in [5, 5.41) is 12.0. The third-order valence-electron chi connectivity index (χ3n) is 3.34. The molecule has 116 valence electrons. The number of nitrogens with two attached hydrogens (primary N) is 1. The van der Waals surface area contributed by atoms with Crippen molar-refractivity contribution in [3.05, 3.63) is 36.0 Å². The van der Waals surface area contributed by atoms with Gasteiger partial charge in [-0.2, -0.15) is 0 Å². The molecule has 1 aromatic heterocycles. The maximum absolute atomic E-state index is 11.7. The number of primary amides is 1. The summed E-state index contributed by atoms with van der Waals surface area (Å²) in [5.41, 5.74) is 7.11. The maximum Gasteiger partial charge on any atom is 0.303 e. The lowest BCUT2D eigenvalue weighted by atomic mass is 10.0. The van der Waals surface area contributed by atoms with Gasteiger partial charge >= 0.3 is 5.97 Å². The van der Waals surface area contributed by atoms with Gasteiger partial charge in [-0.3, -0.25) is 14.4 Å². The minimum Gasteiger partial charge on any atom is -0.481 e. The summed E-state index contributed by atoms with van der Waals surface area (Å²) in [7, 11) is 0. The predicted molar refractivity (Wildman–Crippen MR) is 80.0 cm³/mol. The molecule has 2 aromatic rings. The first-order chi connectivity index (χ1) is 10.5. The normalized spacial score (nSPS) is 12.0. The number of aromatic amines is 1. The Morgan fingerprint density at radius 2 is 1.95 bits per heavy atom. The van der Waals surface area contributed by atoms with Crippen molar-refractivity contribution in [2.45, 2.75) is 25.3 Å². The van der Waals surface area contributed by atoms with Gasteiger partial charge in [0.15, 0.2) is 0 Å². The number of carbonyl (C=O) groups excluding carboxylic acids is 2. The number of carbonyl (C=O) groups is 3. The Morgan fingerprint density at radius 1 is 1.23 bits per heavy atom. The third kappa shape index (κ3) is 3.85. The summed E-state index contributed by atoms with van der Waals surface area (Å²) < 4.78 is 0. The molecule has 2 rings (SSSR count). The van der Waals surface area contributed by atoms with Crippen LogP contribution in [0.1, 0.15) is 18.4 Å². The molecule has 0 saturated heterocycles. The zero-order valence-electron chi connectivity index (χ0n) is 11.8. The highest BCUT2D eigenvalue weighted by molar-refractivity contribution is 5.89. The van der Waals surface area contributed by atoms with Gasteiger partial charge in [0.1, 0.15) is 6.04 Å². The molecule has 1 atom stereocenters. The van der Waals surface area contributed by atoms with Gasteiger partial charge in [-0.15, -0.1) is 0 Å². The molecule has 0 aliphatic rings. The van der Waals surface area contributed by atoms with Crippen molar-refractivity contribution in [2.24, 2.45) is 5.73 Å². The van der Waals surface area contributed by atoms with E-state index < -0.39 is 23.8 Å². The number of aliphatic carboxylic acids is 1. The molecule has 7 heteroatoms. The predicted octanol–water partition coefficient (Wildman–Crippen LogP) is 0.545. The number of carboxylic acids is 1. The van der Waals surface area contributed by atoms with Crippen molar-refractivity contribution in [3.63, 3.8) is 0 Å². The van der Waals surface area contributed by atoms with Crippen molar-refractivity contribution in [3.8, 4) is 0 Å². The molecule has 0 fully saturated rings. The minimum absolute atomic E-state index is 0.188. The quantitative estimate of drug-likeness (QED) is 0.595. The first-order valence-electron chi connectivity index (χ1n) is 6.83. The molecule has 0 aliphatic heterocycles. The lowest BCUT2D eigenvalue weighted by Gasteiger charge is -2.15. The summed E-state index contributed by atoms with van der Waals surface area (Å²) in [6, 6.07) is 6.71. The first-order valence-corrected chi connectivity index (χ1v) is 6.83. The van der Waals surface area contributed by atoms with Crippen LogP contribution in [0.15, 0.2) is 30.5 Å². The van der Waals surface area contributed by atoms with E-state index in [0.717, 1.165) is 16.5 Å². The third-order valence-corrected chi connectivity index (χ3v) is 3.34. The summed E-state index contributed by atoms with van der Waals surface area (Å²) >= 11 is 0. The van der Waals surface area contributed by atoms with Crippen LogP contribution in [0.25, 0.3) is 10.9 Å². The van der Waals surface area contributed by atoms with E-state index in [2.05, 4.69) is 10.3 Å². The Hall–Kier alpha value is -2.83. The fraction of sp³-hybridized carbons (Fsp3) is 0.267. The molecule has 7 nitrogen and oxygen atoms in total. The smallest absolute Gasteiger partial charge is 0.303 e. The molecule has 0 bridgehead atoms. The summed E-state index contributed by atoms with van der Waals surface area (Å²) in [5.74, 6) is -2.23. The van der Waals surface area contributed by atoms with E-state index in [1.165, 1.54) is 0 Å². The lowest BCUT2D eigenvalue weighted by Crippen LogP contribution is -2.45. The number of hydrogen-bond acceptors (Lipinski definition) is 3. The van der Waals surface area contributed by atoms with Gasteiger partial charge in [-0.25, -0.2) is 0 Å². The molecule has 0 unspecified atom stereocenters. The van der Waals surface area contributed by atoms with E-state index in [9.17, 15) is 14.4 Å². The van der Waals surface area contributed by atoms with E-state index in [4.69, 9.17) is 10.8 Å². The summed E-state index contributed by atoms with van der Waals surface area (Å²) in [6.07, 6.45) is 1.54. The number of para-hydroxylation sites is 1. The number of carboxylic acid groups (broad SMARTS) is 1. The van der Waals surface area contributed by atoms with Crippen molar-refractivity contribution in [1.82, 2.24) is 10.3 Å². The van der Waals surface area contributed by atoms with Crippen LogP contribution in [0.4, 0.5) is 0 Å². The number of hydrogen-bond donors (Lipinski definition) is 4. The molecule has 1 heterocycles. The second-order valence-electron chi connectivity index (χ2n) is 4.98. The van der Waals surface area contributed by atoms with Crippen molar-refractivity contribution in [1.29, 1.82) is 0 Å². The lowest BCUT2D eigenvalue weighted by molar-refractivity contribution is -0.139. The van der Waals surface area contributed by atoms with Crippen LogP contribution in [0.5, 0.6) is 0 Å². The Labute approximate surface area is 126 Å². The zero-order chi connectivity index (χ0) is 16.1. The van der Waals surface area contributed by atoms with Gasteiger partial charge in [-0.1, -0.05) is 18.2 Å². The fourth-order valence-electron chi connectivity index (χ4n) is 2.23. The molecule has 2 amide bonds. The number of benzene rings is 1. The van der Waals surface area contributed by atoms with Crippen LogP contribution in [0.3, 0.4) is 0 Å². The molecule has 0 saturated carbocycles. The van der Waals surface area contributed by atoms with Gasteiger partial charge in [-0.05, 0) is 11.6 Å². The molecule has 5 N–H and O–H groups in total. The van der Waals surface area contributed by atoms with Crippen molar-refractivity contribution in [2.75, 3.05) is 0 Å². The van der Waals surface area contributed by atoms with E-state index >= 15 is 0 Å². The van der Waals surface area contributed by atoms with Crippen molar-refractivity contribution >= 4 is 28.7 Å².